The Bertz CT molecular complexity index is 989. The Hall–Kier alpha value is -2.18. The zero-order valence-corrected chi connectivity index (χ0v) is 17.3. The predicted octanol–water partition coefficient (Wildman–Crippen LogP) is 5.27. The van der Waals surface area contributed by atoms with Crippen molar-refractivity contribution >= 4 is 38.3 Å². The number of aliphatic hydroxyl groups is 1. The third-order valence-electron chi connectivity index (χ3n) is 5.30. The number of benzene rings is 2. The average Bonchev–Trinajstić information content (AvgIpc) is 2.69. The summed E-state index contributed by atoms with van der Waals surface area (Å²) in [6, 6.07) is 14.8. The van der Waals surface area contributed by atoms with Gasteiger partial charge in [0.15, 0.2) is 0 Å². The fraction of sp³-hybridized carbons (Fsp3) is 0.318. The lowest BCUT2D eigenvalue weighted by Gasteiger charge is -2.34. The molecule has 28 heavy (non-hydrogen) atoms. The Kier molecular flexibility index (Phi) is 5.51. The Morgan fingerprint density at radius 2 is 1.96 bits per heavy atom. The van der Waals surface area contributed by atoms with Gasteiger partial charge in [0.2, 0.25) is 0 Å². The van der Waals surface area contributed by atoms with Crippen molar-refractivity contribution in [2.24, 2.45) is 0 Å². The van der Waals surface area contributed by atoms with Crippen molar-refractivity contribution in [2.45, 2.75) is 31.9 Å². The van der Waals surface area contributed by atoms with Gasteiger partial charge in [0, 0.05) is 34.2 Å². The highest BCUT2D eigenvalue weighted by atomic mass is 79.9. The molecule has 146 valence electrons. The van der Waals surface area contributed by atoms with Crippen LogP contribution in [0.25, 0.3) is 10.9 Å². The molecule has 4 rings (SSSR count). The summed E-state index contributed by atoms with van der Waals surface area (Å²) in [5.74, 6) is 0.495. The molecule has 1 aliphatic heterocycles. The lowest BCUT2D eigenvalue weighted by molar-refractivity contribution is 0.145. The molecule has 1 aliphatic rings. The van der Waals surface area contributed by atoms with Gasteiger partial charge in [0.25, 0.3) is 0 Å². The summed E-state index contributed by atoms with van der Waals surface area (Å²) < 4.78 is 15.0. The molecular formula is C22H23BrFN3O. The molecule has 0 radical (unpaired) electrons. The number of hydrogen-bond donors (Lipinski definition) is 2. The molecule has 4 nitrogen and oxygen atoms in total. The molecule has 0 amide bonds. The molecule has 0 aliphatic carbocycles. The van der Waals surface area contributed by atoms with E-state index in [0.717, 1.165) is 58.4 Å². The van der Waals surface area contributed by atoms with Gasteiger partial charge in [0.05, 0.1) is 17.7 Å². The zero-order valence-electron chi connectivity index (χ0n) is 15.7. The molecular weight excluding hydrogens is 421 g/mol. The first-order chi connectivity index (χ1) is 13.5. The van der Waals surface area contributed by atoms with Gasteiger partial charge in [-0.25, -0.2) is 9.37 Å². The van der Waals surface area contributed by atoms with Crippen molar-refractivity contribution in [1.29, 1.82) is 0 Å². The maximum atomic E-state index is 14.0. The molecule has 1 fully saturated rings. The highest BCUT2D eigenvalue weighted by molar-refractivity contribution is 9.10. The lowest BCUT2D eigenvalue weighted by Crippen LogP contribution is -2.36. The van der Waals surface area contributed by atoms with E-state index in [1.54, 1.807) is 6.07 Å². The van der Waals surface area contributed by atoms with Crippen LogP contribution in [0.1, 0.15) is 31.4 Å². The van der Waals surface area contributed by atoms with Crippen molar-refractivity contribution in [3.8, 4) is 0 Å². The Morgan fingerprint density at radius 1 is 1.18 bits per heavy atom. The predicted molar refractivity (Wildman–Crippen MR) is 115 cm³/mol. The number of halogens is 2. The highest BCUT2D eigenvalue weighted by Gasteiger charge is 2.22. The Labute approximate surface area is 172 Å². The van der Waals surface area contributed by atoms with Crippen molar-refractivity contribution in [1.82, 2.24) is 4.98 Å². The third-order valence-corrected chi connectivity index (χ3v) is 5.94. The fourth-order valence-corrected chi connectivity index (χ4v) is 4.23. The van der Waals surface area contributed by atoms with Gasteiger partial charge >= 0.3 is 0 Å². The molecule has 1 aromatic heterocycles. The summed E-state index contributed by atoms with van der Waals surface area (Å²) in [4.78, 5) is 6.94. The van der Waals surface area contributed by atoms with E-state index in [1.165, 1.54) is 6.07 Å². The van der Waals surface area contributed by atoms with Crippen molar-refractivity contribution < 1.29 is 9.50 Å². The van der Waals surface area contributed by atoms with E-state index in [-0.39, 0.29) is 18.0 Å². The zero-order chi connectivity index (χ0) is 19.7. The summed E-state index contributed by atoms with van der Waals surface area (Å²) in [5, 5.41) is 14.3. The van der Waals surface area contributed by atoms with Gasteiger partial charge in [-0.05, 0) is 72.1 Å². The van der Waals surface area contributed by atoms with E-state index in [4.69, 9.17) is 4.98 Å². The SMILES string of the molecule is CC(Nc1ccc2cccc(Br)c2n1)c1cc(F)ccc1N1CCC(O)CC1. The van der Waals surface area contributed by atoms with E-state index >= 15 is 0 Å². The first kappa shape index (κ1) is 19.2. The number of piperidine rings is 1. The van der Waals surface area contributed by atoms with Gasteiger partial charge < -0.3 is 15.3 Å². The minimum atomic E-state index is -0.251. The number of aliphatic hydroxyl groups excluding tert-OH is 1. The Morgan fingerprint density at radius 3 is 2.75 bits per heavy atom. The number of nitrogens with one attached hydrogen (secondary N) is 1. The number of aromatic nitrogens is 1. The molecule has 6 heteroatoms. The monoisotopic (exact) mass is 443 g/mol. The number of rotatable bonds is 4. The van der Waals surface area contributed by atoms with E-state index < -0.39 is 0 Å². The first-order valence-corrected chi connectivity index (χ1v) is 10.3. The lowest BCUT2D eigenvalue weighted by atomic mass is 10.0. The smallest absolute Gasteiger partial charge is 0.127 e. The maximum absolute atomic E-state index is 14.0. The van der Waals surface area contributed by atoms with E-state index in [1.807, 2.05) is 43.3 Å². The number of hydrogen-bond acceptors (Lipinski definition) is 4. The van der Waals surface area contributed by atoms with E-state index in [9.17, 15) is 9.50 Å². The third kappa shape index (κ3) is 3.98. The molecule has 0 saturated carbocycles. The second-order valence-corrected chi connectivity index (χ2v) is 8.15. The molecule has 2 aromatic carbocycles. The van der Waals surface area contributed by atoms with Crippen LogP contribution in [-0.2, 0) is 0 Å². The largest absolute Gasteiger partial charge is 0.393 e. The molecule has 1 unspecified atom stereocenters. The molecule has 1 saturated heterocycles. The molecule has 1 atom stereocenters. The second-order valence-electron chi connectivity index (χ2n) is 7.30. The van der Waals surface area contributed by atoms with Crippen LogP contribution in [0.5, 0.6) is 0 Å². The van der Waals surface area contributed by atoms with Gasteiger partial charge in [0.1, 0.15) is 11.6 Å². The number of para-hydroxylation sites is 1. The quantitative estimate of drug-likeness (QED) is 0.576. The molecule has 0 spiro atoms. The standard InChI is InChI=1S/C22H23BrFN3O/c1-14(25-21-8-5-15-3-2-4-19(23)22(15)26-21)18-13-16(24)6-7-20(18)27-11-9-17(28)10-12-27/h2-8,13-14,17,28H,9-12H2,1H3,(H,25,26). The van der Waals surface area contributed by atoms with Crippen LogP contribution < -0.4 is 10.2 Å². The average molecular weight is 444 g/mol. The van der Waals surface area contributed by atoms with Crippen LogP contribution in [0.2, 0.25) is 0 Å². The summed E-state index contributed by atoms with van der Waals surface area (Å²) in [6.45, 7) is 3.56. The minimum absolute atomic E-state index is 0.120. The fourth-order valence-electron chi connectivity index (χ4n) is 3.76. The molecule has 3 aromatic rings. The van der Waals surface area contributed by atoms with Crippen LogP contribution in [0, 0.1) is 5.82 Å². The topological polar surface area (TPSA) is 48.4 Å². The normalized spacial score (nSPS) is 16.4. The number of nitrogens with zero attached hydrogens (tertiary/aromatic N) is 2. The van der Waals surface area contributed by atoms with Crippen LogP contribution in [0.3, 0.4) is 0 Å². The molecule has 2 heterocycles. The number of pyridine rings is 1. The van der Waals surface area contributed by atoms with Gasteiger partial charge in [-0.1, -0.05) is 12.1 Å². The second kappa shape index (κ2) is 8.05. The van der Waals surface area contributed by atoms with E-state index in [2.05, 4.69) is 26.1 Å². The van der Waals surface area contributed by atoms with Crippen LogP contribution in [0.4, 0.5) is 15.9 Å². The summed E-state index contributed by atoms with van der Waals surface area (Å²) in [7, 11) is 0. The summed E-state index contributed by atoms with van der Waals surface area (Å²) in [6.07, 6.45) is 1.23. The molecule has 2 N–H and O–H groups in total. The van der Waals surface area contributed by atoms with Crippen molar-refractivity contribution in [2.75, 3.05) is 23.3 Å². The summed E-state index contributed by atoms with van der Waals surface area (Å²) in [5.41, 5.74) is 2.80. The summed E-state index contributed by atoms with van der Waals surface area (Å²) >= 11 is 3.55. The number of anilines is 2. The number of fused-ring (bicyclic) bond motifs is 1. The van der Waals surface area contributed by atoms with Crippen LogP contribution in [-0.4, -0.2) is 29.3 Å². The van der Waals surface area contributed by atoms with Gasteiger partial charge in [-0.3, -0.25) is 0 Å². The first-order valence-electron chi connectivity index (χ1n) is 9.55. The van der Waals surface area contributed by atoms with Crippen LogP contribution in [0.15, 0.2) is 53.0 Å². The Balaban J connectivity index is 1.62. The van der Waals surface area contributed by atoms with Gasteiger partial charge in [-0.2, -0.15) is 0 Å². The molecule has 0 bridgehead atoms. The maximum Gasteiger partial charge on any atom is 0.127 e. The van der Waals surface area contributed by atoms with Gasteiger partial charge in [-0.15, -0.1) is 0 Å². The van der Waals surface area contributed by atoms with Crippen molar-refractivity contribution in [3.05, 3.63) is 64.4 Å². The van der Waals surface area contributed by atoms with Crippen LogP contribution >= 0.6 is 15.9 Å². The highest BCUT2D eigenvalue weighted by Crippen LogP contribution is 2.32. The van der Waals surface area contributed by atoms with E-state index in [0.29, 0.717) is 0 Å². The minimum Gasteiger partial charge on any atom is -0.393 e. The van der Waals surface area contributed by atoms with Crippen molar-refractivity contribution in [3.63, 3.8) is 0 Å².